The highest BCUT2D eigenvalue weighted by Gasteiger charge is 2.12. The molecule has 0 spiro atoms. The summed E-state index contributed by atoms with van der Waals surface area (Å²) in [5.74, 6) is 0. The van der Waals surface area contributed by atoms with Crippen LogP contribution in [-0.4, -0.2) is 9.55 Å². The largest absolute Gasteiger partial charge is 0.375 e. The summed E-state index contributed by atoms with van der Waals surface area (Å²) >= 11 is 1.63. The quantitative estimate of drug-likeness (QED) is 0.805. The number of nitrogens with zero attached hydrogens (tertiary/aromatic N) is 2. The average Bonchev–Trinajstić information content (AvgIpc) is 2.91. The monoisotopic (exact) mass is 299 g/mol. The molecule has 0 aliphatic heterocycles. The zero-order valence-corrected chi connectivity index (χ0v) is 13.1. The molecule has 0 amide bonds. The van der Waals surface area contributed by atoms with Gasteiger partial charge in [0.2, 0.25) is 0 Å². The molecule has 108 valence electrons. The number of pyridine rings is 1. The summed E-state index contributed by atoms with van der Waals surface area (Å²) in [6.07, 6.45) is 0. The predicted molar refractivity (Wildman–Crippen MR) is 88.1 cm³/mol. The molecule has 0 aliphatic carbocycles. The average molecular weight is 299 g/mol. The van der Waals surface area contributed by atoms with E-state index < -0.39 is 0 Å². The molecule has 2 aromatic heterocycles. The fourth-order valence-electron chi connectivity index (χ4n) is 2.40. The summed E-state index contributed by atoms with van der Waals surface area (Å²) in [4.78, 5) is 16.6. The first-order valence-corrected chi connectivity index (χ1v) is 7.71. The standard InChI is InChI=1S/C16H17N3OS/c1-10-9-21-16(17-10)11(2)18-13-8-15(20)19(3)14-7-5-4-6-12(13)14/h4-9,11,18H,1-3H3. The van der Waals surface area contributed by atoms with Gasteiger partial charge >= 0.3 is 0 Å². The molecule has 0 fully saturated rings. The Morgan fingerprint density at radius 1 is 1.33 bits per heavy atom. The Balaban J connectivity index is 2.05. The first kappa shape index (κ1) is 13.8. The van der Waals surface area contributed by atoms with Gasteiger partial charge in [0.05, 0.1) is 11.6 Å². The Bertz CT molecular complexity index is 850. The predicted octanol–water partition coefficient (Wildman–Crippen LogP) is 3.48. The third-order valence-corrected chi connectivity index (χ3v) is 4.68. The number of anilines is 1. The number of aromatic nitrogens is 2. The summed E-state index contributed by atoms with van der Waals surface area (Å²) in [5.41, 5.74) is 2.79. The van der Waals surface area contributed by atoms with Crippen molar-refractivity contribution < 1.29 is 0 Å². The molecular weight excluding hydrogens is 282 g/mol. The van der Waals surface area contributed by atoms with Crippen molar-refractivity contribution in [1.82, 2.24) is 9.55 Å². The highest BCUT2D eigenvalue weighted by atomic mass is 32.1. The molecular formula is C16H17N3OS. The molecule has 21 heavy (non-hydrogen) atoms. The van der Waals surface area contributed by atoms with Crippen molar-refractivity contribution in [1.29, 1.82) is 0 Å². The lowest BCUT2D eigenvalue weighted by Gasteiger charge is -2.16. The molecule has 1 atom stereocenters. The minimum absolute atomic E-state index is 0.0151. The van der Waals surface area contributed by atoms with Crippen LogP contribution in [0.1, 0.15) is 23.7 Å². The number of benzene rings is 1. The van der Waals surface area contributed by atoms with Crippen LogP contribution in [0.25, 0.3) is 10.9 Å². The van der Waals surface area contributed by atoms with E-state index in [2.05, 4.69) is 17.2 Å². The number of hydrogen-bond acceptors (Lipinski definition) is 4. The summed E-state index contributed by atoms with van der Waals surface area (Å²) in [5, 5.41) is 7.52. The van der Waals surface area contributed by atoms with E-state index in [-0.39, 0.29) is 11.6 Å². The number of hydrogen-bond donors (Lipinski definition) is 1. The molecule has 0 aliphatic rings. The molecule has 1 aromatic carbocycles. The Labute approximate surface area is 127 Å². The van der Waals surface area contributed by atoms with Crippen LogP contribution in [0.15, 0.2) is 40.5 Å². The van der Waals surface area contributed by atoms with Gasteiger partial charge in [0, 0.05) is 35.3 Å². The molecule has 1 unspecified atom stereocenters. The number of rotatable bonds is 3. The lowest BCUT2D eigenvalue weighted by molar-refractivity contribution is 0.859. The second kappa shape index (κ2) is 5.33. The van der Waals surface area contributed by atoms with Crippen molar-refractivity contribution >= 4 is 27.9 Å². The van der Waals surface area contributed by atoms with Gasteiger partial charge in [-0.1, -0.05) is 18.2 Å². The topological polar surface area (TPSA) is 46.9 Å². The van der Waals surface area contributed by atoms with E-state index >= 15 is 0 Å². The number of para-hydroxylation sites is 1. The van der Waals surface area contributed by atoms with E-state index in [1.807, 2.05) is 36.6 Å². The van der Waals surface area contributed by atoms with Crippen LogP contribution in [0.3, 0.4) is 0 Å². The van der Waals surface area contributed by atoms with Gasteiger partial charge in [-0.15, -0.1) is 11.3 Å². The summed E-state index contributed by atoms with van der Waals surface area (Å²) in [6, 6.07) is 9.63. The van der Waals surface area contributed by atoms with E-state index in [1.54, 1.807) is 29.0 Å². The van der Waals surface area contributed by atoms with E-state index in [1.165, 1.54) is 0 Å². The highest BCUT2D eigenvalue weighted by molar-refractivity contribution is 7.09. The van der Waals surface area contributed by atoms with Crippen LogP contribution in [0, 0.1) is 6.92 Å². The van der Waals surface area contributed by atoms with Crippen LogP contribution in [-0.2, 0) is 7.05 Å². The lowest BCUT2D eigenvalue weighted by atomic mass is 10.1. The minimum atomic E-state index is -0.0151. The molecule has 2 heterocycles. The first-order valence-electron chi connectivity index (χ1n) is 6.83. The van der Waals surface area contributed by atoms with Crippen LogP contribution in [0.2, 0.25) is 0 Å². The molecule has 0 radical (unpaired) electrons. The van der Waals surface area contributed by atoms with Gasteiger partial charge in [0.25, 0.3) is 5.56 Å². The summed E-state index contributed by atoms with van der Waals surface area (Å²) in [7, 11) is 1.79. The van der Waals surface area contributed by atoms with Crippen molar-refractivity contribution in [3.8, 4) is 0 Å². The smallest absolute Gasteiger partial charge is 0.252 e. The second-order valence-electron chi connectivity index (χ2n) is 5.17. The summed E-state index contributed by atoms with van der Waals surface area (Å²) < 4.78 is 1.67. The van der Waals surface area contributed by atoms with Crippen molar-refractivity contribution in [3.05, 3.63) is 56.8 Å². The van der Waals surface area contributed by atoms with E-state index in [0.29, 0.717) is 0 Å². The maximum atomic E-state index is 12.1. The molecule has 0 saturated heterocycles. The van der Waals surface area contributed by atoms with Crippen molar-refractivity contribution in [2.45, 2.75) is 19.9 Å². The van der Waals surface area contributed by atoms with Crippen LogP contribution < -0.4 is 10.9 Å². The van der Waals surface area contributed by atoms with Crippen LogP contribution in [0.4, 0.5) is 5.69 Å². The van der Waals surface area contributed by atoms with Crippen molar-refractivity contribution in [2.24, 2.45) is 7.05 Å². The van der Waals surface area contributed by atoms with E-state index in [9.17, 15) is 4.79 Å². The zero-order chi connectivity index (χ0) is 15.0. The number of fused-ring (bicyclic) bond motifs is 1. The van der Waals surface area contributed by atoms with Crippen LogP contribution in [0.5, 0.6) is 0 Å². The van der Waals surface area contributed by atoms with Crippen molar-refractivity contribution in [3.63, 3.8) is 0 Å². The third kappa shape index (κ3) is 2.56. The number of thiazole rings is 1. The van der Waals surface area contributed by atoms with Crippen molar-refractivity contribution in [2.75, 3.05) is 5.32 Å². The Morgan fingerprint density at radius 3 is 2.81 bits per heavy atom. The second-order valence-corrected chi connectivity index (χ2v) is 6.06. The molecule has 3 rings (SSSR count). The molecule has 5 heteroatoms. The molecule has 3 aromatic rings. The van der Waals surface area contributed by atoms with Gasteiger partial charge in [0.15, 0.2) is 0 Å². The normalized spacial score (nSPS) is 12.5. The van der Waals surface area contributed by atoms with Gasteiger partial charge in [-0.05, 0) is 19.9 Å². The number of aryl methyl sites for hydroxylation is 2. The Hall–Kier alpha value is -2.14. The van der Waals surface area contributed by atoms with E-state index in [4.69, 9.17) is 0 Å². The van der Waals surface area contributed by atoms with Crippen LogP contribution >= 0.6 is 11.3 Å². The lowest BCUT2D eigenvalue weighted by Crippen LogP contribution is -2.18. The van der Waals surface area contributed by atoms with Gasteiger partial charge in [0.1, 0.15) is 5.01 Å². The maximum Gasteiger partial charge on any atom is 0.252 e. The minimum Gasteiger partial charge on any atom is -0.375 e. The van der Waals surface area contributed by atoms with Gasteiger partial charge < -0.3 is 9.88 Å². The number of nitrogens with one attached hydrogen (secondary N) is 1. The molecule has 1 N–H and O–H groups in total. The summed E-state index contributed by atoms with van der Waals surface area (Å²) in [6.45, 7) is 4.05. The van der Waals surface area contributed by atoms with Gasteiger partial charge in [-0.2, -0.15) is 0 Å². The zero-order valence-electron chi connectivity index (χ0n) is 12.3. The molecule has 0 saturated carbocycles. The molecule has 0 bridgehead atoms. The molecule has 4 nitrogen and oxygen atoms in total. The SMILES string of the molecule is Cc1csc(C(C)Nc2cc(=O)n(C)c3ccccc23)n1. The van der Waals surface area contributed by atoms with Gasteiger partial charge in [-0.3, -0.25) is 4.79 Å². The highest BCUT2D eigenvalue weighted by Crippen LogP contribution is 2.26. The first-order chi connectivity index (χ1) is 10.1. The third-order valence-electron chi connectivity index (χ3n) is 3.53. The Morgan fingerprint density at radius 2 is 2.10 bits per heavy atom. The van der Waals surface area contributed by atoms with Gasteiger partial charge in [-0.25, -0.2) is 4.98 Å². The maximum absolute atomic E-state index is 12.1. The van der Waals surface area contributed by atoms with E-state index in [0.717, 1.165) is 27.3 Å². The fraction of sp³-hybridized carbons (Fsp3) is 0.250. The Kier molecular flexibility index (Phi) is 3.51. The fourth-order valence-corrected chi connectivity index (χ4v) is 3.20.